The Morgan fingerprint density at radius 1 is 1.10 bits per heavy atom. The van der Waals surface area contributed by atoms with Gasteiger partial charge in [0.15, 0.2) is 4.34 Å². The fraction of sp³-hybridized carbons (Fsp3) is 0.545. The highest BCUT2D eigenvalue weighted by Crippen LogP contribution is 2.27. The highest BCUT2D eigenvalue weighted by molar-refractivity contribution is 8.00. The second kappa shape index (κ2) is 6.80. The summed E-state index contributed by atoms with van der Waals surface area (Å²) < 4.78 is 5.06. The summed E-state index contributed by atoms with van der Waals surface area (Å²) in [7, 11) is 0. The molecule has 2 rings (SSSR count). The van der Waals surface area contributed by atoms with Gasteiger partial charge in [-0.3, -0.25) is 0 Å². The maximum atomic E-state index is 5.76. The van der Waals surface area contributed by atoms with Crippen LogP contribution in [-0.4, -0.2) is 37.4 Å². The second-order valence-electron chi connectivity index (χ2n) is 3.88. The van der Waals surface area contributed by atoms with Gasteiger partial charge in [-0.05, 0) is 37.1 Å². The van der Waals surface area contributed by atoms with Gasteiger partial charge in [0.2, 0.25) is 17.1 Å². The molecule has 0 bridgehead atoms. The number of hydrogen-bond donors (Lipinski definition) is 1. The summed E-state index contributed by atoms with van der Waals surface area (Å²) >= 11 is 2.71. The van der Waals surface area contributed by atoms with E-state index in [9.17, 15) is 0 Å². The molecule has 2 N–H and O–H groups in total. The van der Waals surface area contributed by atoms with Crippen LogP contribution in [0.3, 0.4) is 0 Å². The summed E-state index contributed by atoms with van der Waals surface area (Å²) in [5, 5.41) is 0.554. The van der Waals surface area contributed by atoms with E-state index in [0.717, 1.165) is 29.7 Å². The summed E-state index contributed by atoms with van der Waals surface area (Å²) in [6.45, 7) is 7.77. The van der Waals surface area contributed by atoms with E-state index in [-0.39, 0.29) is 5.95 Å². The lowest BCUT2D eigenvalue weighted by atomic mass is 10.5. The molecule has 108 valence electrons. The molecule has 7 nitrogen and oxygen atoms in total. The van der Waals surface area contributed by atoms with E-state index in [2.05, 4.69) is 38.2 Å². The van der Waals surface area contributed by atoms with Crippen molar-refractivity contribution < 1.29 is 0 Å². The van der Waals surface area contributed by atoms with Crippen LogP contribution >= 0.6 is 23.3 Å². The molecule has 0 saturated heterocycles. The Labute approximate surface area is 126 Å². The molecule has 9 heteroatoms. The van der Waals surface area contributed by atoms with Crippen molar-refractivity contribution in [1.29, 1.82) is 0 Å². The minimum atomic E-state index is 0.227. The monoisotopic (exact) mass is 311 g/mol. The van der Waals surface area contributed by atoms with Crippen molar-refractivity contribution >= 4 is 35.2 Å². The van der Waals surface area contributed by atoms with Crippen molar-refractivity contribution in [2.24, 2.45) is 0 Å². The SMILES string of the molecule is CCc1nsc(Sc2nc(N)nc(N(CC)CC)n2)n1. The van der Waals surface area contributed by atoms with Crippen LogP contribution < -0.4 is 10.6 Å². The van der Waals surface area contributed by atoms with Crippen molar-refractivity contribution in [3.63, 3.8) is 0 Å². The summed E-state index contributed by atoms with van der Waals surface area (Å²) in [4.78, 5) is 19.2. The van der Waals surface area contributed by atoms with Gasteiger partial charge in [0.05, 0.1) is 0 Å². The number of aromatic nitrogens is 5. The summed E-state index contributed by atoms with van der Waals surface area (Å²) in [5.41, 5.74) is 5.76. The predicted octanol–water partition coefficient (Wildman–Crippen LogP) is 1.87. The molecular weight excluding hydrogens is 294 g/mol. The van der Waals surface area contributed by atoms with Crippen LogP contribution in [0, 0.1) is 0 Å². The molecule has 0 aliphatic heterocycles. The molecule has 0 aliphatic carbocycles. The molecule has 0 spiro atoms. The van der Waals surface area contributed by atoms with Gasteiger partial charge >= 0.3 is 0 Å². The van der Waals surface area contributed by atoms with E-state index in [4.69, 9.17) is 5.73 Å². The first-order chi connectivity index (χ1) is 9.66. The molecule has 0 fully saturated rings. The van der Waals surface area contributed by atoms with Gasteiger partial charge in [0, 0.05) is 19.5 Å². The number of hydrogen-bond acceptors (Lipinski definition) is 9. The Morgan fingerprint density at radius 2 is 1.85 bits per heavy atom. The molecule has 2 aromatic rings. The minimum Gasteiger partial charge on any atom is -0.368 e. The zero-order valence-corrected chi connectivity index (χ0v) is 13.3. The summed E-state index contributed by atoms with van der Waals surface area (Å²) in [6, 6.07) is 0. The Kier molecular flexibility index (Phi) is 5.07. The maximum Gasteiger partial charge on any atom is 0.231 e. The molecule has 2 aromatic heterocycles. The average Bonchev–Trinajstić information content (AvgIpc) is 2.87. The number of nitrogens with zero attached hydrogens (tertiary/aromatic N) is 6. The Bertz CT molecular complexity index is 568. The fourth-order valence-electron chi connectivity index (χ4n) is 1.56. The van der Waals surface area contributed by atoms with Crippen molar-refractivity contribution in [3.8, 4) is 0 Å². The predicted molar refractivity (Wildman–Crippen MR) is 81.2 cm³/mol. The van der Waals surface area contributed by atoms with Gasteiger partial charge in [-0.25, -0.2) is 4.98 Å². The lowest BCUT2D eigenvalue weighted by Crippen LogP contribution is -2.25. The zero-order chi connectivity index (χ0) is 14.5. The van der Waals surface area contributed by atoms with E-state index in [1.165, 1.54) is 23.3 Å². The van der Waals surface area contributed by atoms with Crippen molar-refractivity contribution in [3.05, 3.63) is 5.82 Å². The summed E-state index contributed by atoms with van der Waals surface area (Å²) in [5.74, 6) is 1.67. The van der Waals surface area contributed by atoms with Gasteiger partial charge in [-0.1, -0.05) is 6.92 Å². The van der Waals surface area contributed by atoms with E-state index in [0.29, 0.717) is 11.1 Å². The normalized spacial score (nSPS) is 10.8. The van der Waals surface area contributed by atoms with E-state index >= 15 is 0 Å². The molecule has 2 heterocycles. The Morgan fingerprint density at radius 3 is 2.45 bits per heavy atom. The molecule has 0 aliphatic rings. The van der Waals surface area contributed by atoms with E-state index in [1.807, 2.05) is 11.8 Å². The third kappa shape index (κ3) is 3.54. The number of rotatable bonds is 6. The molecule has 0 unspecified atom stereocenters. The van der Waals surface area contributed by atoms with Gasteiger partial charge in [-0.15, -0.1) is 0 Å². The van der Waals surface area contributed by atoms with Crippen LogP contribution in [0.1, 0.15) is 26.6 Å². The third-order valence-electron chi connectivity index (χ3n) is 2.61. The Balaban J connectivity index is 2.23. The van der Waals surface area contributed by atoms with Gasteiger partial charge in [0.1, 0.15) is 5.82 Å². The van der Waals surface area contributed by atoms with Crippen LogP contribution in [0.25, 0.3) is 0 Å². The number of anilines is 2. The standard InChI is InChI=1S/C11H17N7S2/c1-4-7-13-11(20-17-7)19-10-15-8(12)14-9(16-10)18(5-2)6-3/h4-6H2,1-3H3,(H2,12,14,15,16). The van der Waals surface area contributed by atoms with Crippen LogP contribution in [-0.2, 0) is 6.42 Å². The molecular formula is C11H17N7S2. The second-order valence-corrected chi connectivity index (χ2v) is 5.85. The van der Waals surface area contributed by atoms with Crippen molar-refractivity contribution in [2.45, 2.75) is 36.7 Å². The highest BCUT2D eigenvalue weighted by Gasteiger charge is 2.12. The quantitative estimate of drug-likeness (QED) is 0.864. The molecule has 0 amide bonds. The Hall–Kier alpha value is -1.48. The largest absolute Gasteiger partial charge is 0.368 e. The van der Waals surface area contributed by atoms with E-state index in [1.54, 1.807) is 0 Å². The van der Waals surface area contributed by atoms with Crippen LogP contribution in [0.5, 0.6) is 0 Å². The van der Waals surface area contributed by atoms with Gasteiger partial charge < -0.3 is 10.6 Å². The molecule has 20 heavy (non-hydrogen) atoms. The molecule has 0 aromatic carbocycles. The molecule has 0 atom stereocenters. The topological polar surface area (TPSA) is 93.7 Å². The first-order valence-corrected chi connectivity index (χ1v) is 8.02. The fourth-order valence-corrected chi connectivity index (χ4v) is 3.11. The lowest BCUT2D eigenvalue weighted by molar-refractivity contribution is 0.786. The van der Waals surface area contributed by atoms with E-state index < -0.39 is 0 Å². The first kappa shape index (κ1) is 14.9. The van der Waals surface area contributed by atoms with Crippen molar-refractivity contribution in [2.75, 3.05) is 23.7 Å². The lowest BCUT2D eigenvalue weighted by Gasteiger charge is -2.18. The third-order valence-corrected chi connectivity index (χ3v) is 4.27. The van der Waals surface area contributed by atoms with Crippen LogP contribution in [0.15, 0.2) is 9.50 Å². The van der Waals surface area contributed by atoms with Crippen molar-refractivity contribution in [1.82, 2.24) is 24.3 Å². The first-order valence-electron chi connectivity index (χ1n) is 6.43. The molecule has 0 radical (unpaired) electrons. The minimum absolute atomic E-state index is 0.227. The van der Waals surface area contributed by atoms with Gasteiger partial charge in [0.25, 0.3) is 0 Å². The van der Waals surface area contributed by atoms with Crippen LogP contribution in [0.2, 0.25) is 0 Å². The average molecular weight is 311 g/mol. The number of aryl methyl sites for hydroxylation is 1. The number of nitrogens with two attached hydrogens (primary N) is 1. The molecule has 0 saturated carbocycles. The van der Waals surface area contributed by atoms with Gasteiger partial charge in [-0.2, -0.15) is 19.3 Å². The highest BCUT2D eigenvalue weighted by atomic mass is 32.2. The zero-order valence-electron chi connectivity index (χ0n) is 11.7. The smallest absolute Gasteiger partial charge is 0.231 e. The number of nitrogen functional groups attached to an aromatic ring is 1. The maximum absolute atomic E-state index is 5.76. The summed E-state index contributed by atoms with van der Waals surface area (Å²) in [6.07, 6.45) is 0.821. The van der Waals surface area contributed by atoms with Crippen LogP contribution in [0.4, 0.5) is 11.9 Å².